The minimum Gasteiger partial charge on any atom is -0.636 e. The minimum absolute atomic E-state index is 0.527. The van der Waals surface area contributed by atoms with Crippen LogP contribution in [0.25, 0.3) is 0 Å². The fourth-order valence-corrected chi connectivity index (χ4v) is 3.01. The molecule has 0 spiro atoms. The molecule has 27 heavy (non-hydrogen) atoms. The summed E-state index contributed by atoms with van der Waals surface area (Å²) in [5.74, 6) is -0.965. The van der Waals surface area contributed by atoms with Gasteiger partial charge in [-0.15, -0.1) is 0 Å². The van der Waals surface area contributed by atoms with Crippen LogP contribution in [0.4, 0.5) is 0 Å². The molecule has 2 N–H and O–H groups in total. The highest BCUT2D eigenvalue weighted by atomic mass is 16.9. The van der Waals surface area contributed by atoms with E-state index in [1.54, 1.807) is 0 Å². The number of hydrogen-bond donors (Lipinski definition) is 1. The van der Waals surface area contributed by atoms with Crippen molar-refractivity contribution in [2.75, 3.05) is 26.4 Å². The predicted molar refractivity (Wildman–Crippen MR) is 112 cm³/mol. The van der Waals surface area contributed by atoms with Crippen LogP contribution in [-0.2, 0) is 14.2 Å². The Morgan fingerprint density at radius 2 is 1.00 bits per heavy atom. The van der Waals surface area contributed by atoms with E-state index in [0.717, 1.165) is 31.2 Å². The first-order valence-electron chi connectivity index (χ1n) is 11.6. The van der Waals surface area contributed by atoms with E-state index in [1.165, 1.54) is 57.8 Å². The van der Waals surface area contributed by atoms with E-state index in [0.29, 0.717) is 32.8 Å². The van der Waals surface area contributed by atoms with E-state index in [9.17, 15) is 5.21 Å². The van der Waals surface area contributed by atoms with E-state index in [1.807, 2.05) is 0 Å². The average Bonchev–Trinajstić information content (AvgIpc) is 2.67. The molecule has 0 aromatic carbocycles. The summed E-state index contributed by atoms with van der Waals surface area (Å²) in [5, 5.41) is 10.8. The molecule has 0 aliphatic carbocycles. The Bertz CT molecular complexity index is 253. The van der Waals surface area contributed by atoms with Gasteiger partial charge in [-0.2, -0.15) is 0 Å². The summed E-state index contributed by atoms with van der Waals surface area (Å²) in [6, 6.07) is 0. The van der Waals surface area contributed by atoms with Crippen molar-refractivity contribution in [2.24, 2.45) is 0 Å². The van der Waals surface area contributed by atoms with Gasteiger partial charge in [-0.1, -0.05) is 78.6 Å². The number of nitrogens with two attached hydrogens (primary N) is 1. The van der Waals surface area contributed by atoms with Gasteiger partial charge in [-0.05, 0) is 19.3 Å². The second kappa shape index (κ2) is 20.5. The molecule has 0 rings (SSSR count). The summed E-state index contributed by atoms with van der Waals surface area (Å²) in [7, 11) is 0. The van der Waals surface area contributed by atoms with Crippen LogP contribution < -0.4 is 5.48 Å². The highest BCUT2D eigenvalue weighted by Gasteiger charge is 2.33. The van der Waals surface area contributed by atoms with E-state index in [4.69, 9.17) is 14.2 Å². The molecular weight excluding hydrogens is 342 g/mol. The lowest BCUT2D eigenvalue weighted by Crippen LogP contribution is -2.77. The summed E-state index contributed by atoms with van der Waals surface area (Å²) < 4.78 is 18.5. The number of hydrogen-bond acceptors (Lipinski definition) is 4. The number of rotatable bonds is 22. The van der Waals surface area contributed by atoms with Gasteiger partial charge in [0.25, 0.3) is 5.97 Å². The monoisotopic (exact) mass is 389 g/mol. The molecule has 0 aromatic rings. The lowest BCUT2D eigenvalue weighted by Gasteiger charge is -2.33. The number of unbranched alkanes of at least 4 members (excludes halogenated alkanes) is 9. The fraction of sp³-hybridized carbons (Fsp3) is 1.00. The molecular formula is C22H47NO4. The Morgan fingerprint density at radius 3 is 1.33 bits per heavy atom. The standard InChI is InChI=1S/C22H47NO4/c1-4-7-10-13-19-25-22(17-16-18-23-24,26-20-14-11-8-5-2)27-21-15-12-9-6-3/h4-21,23H2,1-3H3. The first-order chi connectivity index (χ1) is 13.2. The van der Waals surface area contributed by atoms with Crippen molar-refractivity contribution in [1.29, 1.82) is 0 Å². The van der Waals surface area contributed by atoms with Crippen LogP contribution in [0.2, 0.25) is 0 Å². The zero-order chi connectivity index (χ0) is 20.1. The van der Waals surface area contributed by atoms with Crippen LogP contribution in [0, 0.1) is 5.21 Å². The van der Waals surface area contributed by atoms with Crippen LogP contribution >= 0.6 is 0 Å². The molecule has 0 bridgehead atoms. The smallest absolute Gasteiger partial charge is 0.283 e. The molecule has 0 amide bonds. The van der Waals surface area contributed by atoms with Crippen molar-refractivity contribution in [3.63, 3.8) is 0 Å². The lowest BCUT2D eigenvalue weighted by molar-refractivity contribution is -0.590. The fourth-order valence-electron chi connectivity index (χ4n) is 3.01. The highest BCUT2D eigenvalue weighted by molar-refractivity contribution is 4.61. The van der Waals surface area contributed by atoms with Gasteiger partial charge < -0.3 is 24.9 Å². The van der Waals surface area contributed by atoms with Crippen LogP contribution in [-0.4, -0.2) is 32.3 Å². The topological polar surface area (TPSA) is 67.4 Å². The van der Waals surface area contributed by atoms with Crippen molar-refractivity contribution in [3.05, 3.63) is 5.21 Å². The van der Waals surface area contributed by atoms with Crippen LogP contribution in [0.1, 0.15) is 111 Å². The van der Waals surface area contributed by atoms with Gasteiger partial charge in [0.1, 0.15) is 0 Å². The van der Waals surface area contributed by atoms with Gasteiger partial charge in [0.05, 0.1) is 26.4 Å². The van der Waals surface area contributed by atoms with Gasteiger partial charge in [-0.3, -0.25) is 0 Å². The van der Waals surface area contributed by atoms with Crippen molar-refractivity contribution in [3.8, 4) is 0 Å². The zero-order valence-corrected chi connectivity index (χ0v) is 18.4. The largest absolute Gasteiger partial charge is 0.636 e. The third-order valence-corrected chi connectivity index (χ3v) is 4.76. The molecule has 164 valence electrons. The highest BCUT2D eigenvalue weighted by Crippen LogP contribution is 2.24. The van der Waals surface area contributed by atoms with Gasteiger partial charge in [0, 0.05) is 12.8 Å². The van der Waals surface area contributed by atoms with Crippen LogP contribution in [0.15, 0.2) is 0 Å². The minimum atomic E-state index is -0.965. The number of hydroxylamine groups is 1. The van der Waals surface area contributed by atoms with E-state index in [2.05, 4.69) is 20.8 Å². The molecule has 0 aliphatic heterocycles. The van der Waals surface area contributed by atoms with Crippen molar-refractivity contribution < 1.29 is 19.7 Å². The molecule has 0 fully saturated rings. The maximum atomic E-state index is 10.8. The maximum Gasteiger partial charge on any atom is 0.283 e. The van der Waals surface area contributed by atoms with Gasteiger partial charge in [0.2, 0.25) is 0 Å². The van der Waals surface area contributed by atoms with Crippen LogP contribution in [0.5, 0.6) is 0 Å². The van der Waals surface area contributed by atoms with E-state index in [-0.39, 0.29) is 0 Å². The molecule has 0 saturated heterocycles. The average molecular weight is 390 g/mol. The molecule has 0 aromatic heterocycles. The second-order valence-corrected chi connectivity index (χ2v) is 7.47. The van der Waals surface area contributed by atoms with Gasteiger partial charge >= 0.3 is 0 Å². The Hall–Kier alpha value is -0.200. The number of ether oxygens (including phenoxy) is 3. The number of quaternary nitrogens is 1. The quantitative estimate of drug-likeness (QED) is 0.155. The SMILES string of the molecule is CCCCCCOC(CCC[NH2+][O-])(OCCCCCC)OCCCCCC. The van der Waals surface area contributed by atoms with Crippen LogP contribution in [0.3, 0.4) is 0 Å². The third-order valence-electron chi connectivity index (χ3n) is 4.76. The molecule has 0 saturated carbocycles. The van der Waals surface area contributed by atoms with Crippen molar-refractivity contribution in [1.82, 2.24) is 0 Å². The molecule has 0 atom stereocenters. The summed E-state index contributed by atoms with van der Waals surface area (Å²) in [6.07, 6.45) is 15.3. The normalized spacial score (nSPS) is 12.0. The second-order valence-electron chi connectivity index (χ2n) is 7.47. The Labute approximate surface area is 168 Å². The maximum absolute atomic E-state index is 10.8. The lowest BCUT2D eigenvalue weighted by atomic mass is 10.2. The molecule has 0 unspecified atom stereocenters. The van der Waals surface area contributed by atoms with Gasteiger partial charge in [-0.25, -0.2) is 0 Å². The van der Waals surface area contributed by atoms with Gasteiger partial charge in [0.15, 0.2) is 0 Å². The Balaban J connectivity index is 4.61. The molecule has 0 aliphatic rings. The Kier molecular flexibility index (Phi) is 20.4. The molecule has 5 nitrogen and oxygen atoms in total. The van der Waals surface area contributed by atoms with E-state index >= 15 is 0 Å². The summed E-state index contributed by atoms with van der Waals surface area (Å²) in [4.78, 5) is 0. The third kappa shape index (κ3) is 16.5. The summed E-state index contributed by atoms with van der Waals surface area (Å²) in [5.41, 5.74) is 0.967. The predicted octanol–water partition coefficient (Wildman–Crippen LogP) is 5.27. The molecule has 5 heteroatoms. The Morgan fingerprint density at radius 1 is 0.593 bits per heavy atom. The first-order valence-corrected chi connectivity index (χ1v) is 11.6. The zero-order valence-electron chi connectivity index (χ0n) is 18.4. The molecule has 0 radical (unpaired) electrons. The summed E-state index contributed by atoms with van der Waals surface area (Å²) >= 11 is 0. The van der Waals surface area contributed by atoms with E-state index < -0.39 is 5.97 Å². The van der Waals surface area contributed by atoms with Crippen molar-refractivity contribution in [2.45, 2.75) is 117 Å². The summed E-state index contributed by atoms with van der Waals surface area (Å²) in [6.45, 7) is 9.14. The first kappa shape index (κ1) is 26.8. The molecule has 0 heterocycles. The van der Waals surface area contributed by atoms with Crippen molar-refractivity contribution >= 4 is 0 Å².